The number of nitrogens with zero attached hydrogens (tertiary/aromatic N) is 1. The maximum atomic E-state index is 11.2. The predicted molar refractivity (Wildman–Crippen MR) is 81.3 cm³/mol. The molecule has 102 valence electrons. The average Bonchev–Trinajstić information content (AvgIpc) is 2.90. The molecule has 2 aromatic rings. The van der Waals surface area contributed by atoms with Crippen molar-refractivity contribution in [2.45, 2.75) is 12.0 Å². The van der Waals surface area contributed by atoms with Gasteiger partial charge in [0.1, 0.15) is 5.60 Å². The minimum absolute atomic E-state index is 0.723. The molecule has 2 nitrogen and oxygen atoms in total. The molecule has 1 heterocycles. The number of quaternary nitrogens is 1. The molecule has 0 radical (unpaired) electrons. The zero-order chi connectivity index (χ0) is 13.9. The molecule has 0 spiro atoms. The van der Waals surface area contributed by atoms with Gasteiger partial charge in [0.25, 0.3) is 0 Å². The summed E-state index contributed by atoms with van der Waals surface area (Å²) in [5, 5.41) is 13.2. The Kier molecular flexibility index (Phi) is 4.09. The van der Waals surface area contributed by atoms with Crippen LogP contribution in [0.5, 0.6) is 0 Å². The molecule has 1 N–H and O–H groups in total. The maximum Gasteiger partial charge on any atom is 0.129 e. The van der Waals surface area contributed by atoms with Crippen molar-refractivity contribution in [3.8, 4) is 0 Å². The molecule has 19 heavy (non-hydrogen) atoms. The minimum atomic E-state index is -0.874. The monoisotopic (exact) mass is 276 g/mol. The van der Waals surface area contributed by atoms with Crippen LogP contribution in [0.3, 0.4) is 0 Å². The van der Waals surface area contributed by atoms with Gasteiger partial charge in [-0.25, -0.2) is 0 Å². The van der Waals surface area contributed by atoms with Crippen LogP contribution < -0.4 is 0 Å². The first kappa shape index (κ1) is 14.3. The Morgan fingerprint density at radius 2 is 1.74 bits per heavy atom. The van der Waals surface area contributed by atoms with E-state index in [0.29, 0.717) is 0 Å². The lowest BCUT2D eigenvalue weighted by Gasteiger charge is -2.32. The minimum Gasteiger partial charge on any atom is -0.379 e. The van der Waals surface area contributed by atoms with E-state index in [-0.39, 0.29) is 0 Å². The molecule has 0 aliphatic carbocycles. The van der Waals surface area contributed by atoms with Gasteiger partial charge < -0.3 is 9.59 Å². The zero-order valence-electron chi connectivity index (χ0n) is 11.8. The van der Waals surface area contributed by atoms with E-state index in [9.17, 15) is 5.11 Å². The summed E-state index contributed by atoms with van der Waals surface area (Å²) in [7, 11) is 6.46. The van der Waals surface area contributed by atoms with Gasteiger partial charge in [0.05, 0.1) is 27.7 Å². The molecule has 0 bridgehead atoms. The zero-order valence-corrected chi connectivity index (χ0v) is 12.7. The van der Waals surface area contributed by atoms with E-state index >= 15 is 0 Å². The Bertz CT molecular complexity index is 501. The third-order valence-electron chi connectivity index (χ3n) is 3.32. The van der Waals surface area contributed by atoms with Gasteiger partial charge in [-0.05, 0) is 17.0 Å². The number of aliphatic hydroxyl groups is 1. The van der Waals surface area contributed by atoms with Crippen LogP contribution in [0.4, 0.5) is 0 Å². The van der Waals surface area contributed by atoms with Crippen LogP contribution in [-0.4, -0.2) is 37.3 Å². The van der Waals surface area contributed by atoms with Crippen molar-refractivity contribution in [3.63, 3.8) is 0 Å². The Labute approximate surface area is 119 Å². The first-order valence-electron chi connectivity index (χ1n) is 6.54. The van der Waals surface area contributed by atoms with Crippen LogP contribution in [-0.2, 0) is 5.60 Å². The molecular weight excluding hydrogens is 254 g/mol. The summed E-state index contributed by atoms with van der Waals surface area (Å²) in [4.78, 5) is 1.02. The van der Waals surface area contributed by atoms with Crippen molar-refractivity contribution in [2.75, 3.05) is 27.7 Å². The van der Waals surface area contributed by atoms with Crippen LogP contribution >= 0.6 is 11.3 Å². The van der Waals surface area contributed by atoms with Crippen LogP contribution in [0.15, 0.2) is 47.8 Å². The number of hydrogen-bond acceptors (Lipinski definition) is 2. The van der Waals surface area contributed by atoms with Gasteiger partial charge in [0, 0.05) is 11.3 Å². The van der Waals surface area contributed by atoms with Crippen LogP contribution in [0, 0.1) is 0 Å². The van der Waals surface area contributed by atoms with Gasteiger partial charge in [-0.1, -0.05) is 36.4 Å². The highest BCUT2D eigenvalue weighted by molar-refractivity contribution is 7.10. The molecule has 0 aliphatic heterocycles. The number of rotatable bonds is 5. The number of hydrogen-bond donors (Lipinski definition) is 1. The van der Waals surface area contributed by atoms with Crippen LogP contribution in [0.25, 0.3) is 0 Å². The Balaban J connectivity index is 2.34. The highest BCUT2D eigenvalue weighted by Crippen LogP contribution is 2.36. The normalized spacial score (nSPS) is 15.2. The predicted octanol–water partition coefficient (Wildman–Crippen LogP) is 3.08. The molecule has 0 saturated carbocycles. The van der Waals surface area contributed by atoms with Gasteiger partial charge in [-0.15, -0.1) is 11.3 Å². The van der Waals surface area contributed by atoms with Gasteiger partial charge in [0.15, 0.2) is 0 Å². The highest BCUT2D eigenvalue weighted by atomic mass is 32.1. The smallest absolute Gasteiger partial charge is 0.129 e. The van der Waals surface area contributed by atoms with E-state index in [0.717, 1.165) is 27.9 Å². The maximum absolute atomic E-state index is 11.2. The van der Waals surface area contributed by atoms with E-state index < -0.39 is 5.60 Å². The second kappa shape index (κ2) is 5.45. The van der Waals surface area contributed by atoms with Gasteiger partial charge in [-0.3, -0.25) is 0 Å². The Morgan fingerprint density at radius 3 is 2.26 bits per heavy atom. The third-order valence-corrected chi connectivity index (χ3v) is 4.35. The molecule has 1 aromatic carbocycles. The number of thiophene rings is 1. The lowest BCUT2D eigenvalue weighted by Crippen LogP contribution is -2.40. The van der Waals surface area contributed by atoms with E-state index in [1.165, 1.54) is 0 Å². The highest BCUT2D eigenvalue weighted by Gasteiger charge is 2.34. The molecule has 1 atom stereocenters. The fourth-order valence-electron chi connectivity index (χ4n) is 2.13. The number of benzene rings is 1. The first-order valence-corrected chi connectivity index (χ1v) is 7.42. The molecule has 1 aromatic heterocycles. The topological polar surface area (TPSA) is 20.2 Å². The molecule has 0 aliphatic rings. The largest absolute Gasteiger partial charge is 0.379 e. The van der Waals surface area contributed by atoms with Crippen molar-refractivity contribution in [1.82, 2.24) is 0 Å². The fourth-order valence-corrected chi connectivity index (χ4v) is 3.01. The standard InChI is InChI=1S/C16H22NOS/c1-17(2,3)12-11-16(18,15-10-7-13-19-15)14-8-5-4-6-9-14/h4-10,13,18H,11-12H2,1-3H3/q+1. The van der Waals surface area contributed by atoms with Crippen molar-refractivity contribution in [2.24, 2.45) is 0 Å². The van der Waals surface area contributed by atoms with Crippen molar-refractivity contribution >= 4 is 11.3 Å². The summed E-state index contributed by atoms with van der Waals surface area (Å²) in [5.41, 5.74) is 0.104. The summed E-state index contributed by atoms with van der Waals surface area (Å²) in [6.07, 6.45) is 0.723. The molecule has 0 saturated heterocycles. The average molecular weight is 276 g/mol. The van der Waals surface area contributed by atoms with Crippen molar-refractivity contribution in [3.05, 3.63) is 58.3 Å². The first-order chi connectivity index (χ1) is 8.92. The van der Waals surface area contributed by atoms with E-state index in [2.05, 4.69) is 21.1 Å². The summed E-state index contributed by atoms with van der Waals surface area (Å²) in [5.74, 6) is 0. The molecule has 3 heteroatoms. The van der Waals surface area contributed by atoms with Crippen LogP contribution in [0.1, 0.15) is 16.9 Å². The molecule has 1 unspecified atom stereocenters. The lowest BCUT2D eigenvalue weighted by molar-refractivity contribution is -0.871. The molecular formula is C16H22NOS+. The summed E-state index contributed by atoms with van der Waals surface area (Å²) in [6, 6.07) is 14.0. The van der Waals surface area contributed by atoms with E-state index in [1.54, 1.807) is 11.3 Å². The van der Waals surface area contributed by atoms with Gasteiger partial charge >= 0.3 is 0 Å². The second-order valence-corrected chi connectivity index (χ2v) is 6.92. The summed E-state index contributed by atoms with van der Waals surface area (Å²) < 4.78 is 0.848. The third kappa shape index (κ3) is 3.44. The van der Waals surface area contributed by atoms with E-state index in [4.69, 9.17) is 0 Å². The molecule has 0 amide bonds. The van der Waals surface area contributed by atoms with Crippen molar-refractivity contribution in [1.29, 1.82) is 0 Å². The lowest BCUT2D eigenvalue weighted by atomic mass is 9.88. The van der Waals surface area contributed by atoms with Crippen molar-refractivity contribution < 1.29 is 9.59 Å². The summed E-state index contributed by atoms with van der Waals surface area (Å²) >= 11 is 1.62. The summed E-state index contributed by atoms with van der Waals surface area (Å²) in [6.45, 7) is 0.920. The fraction of sp³-hybridized carbons (Fsp3) is 0.375. The van der Waals surface area contributed by atoms with Gasteiger partial charge in [0.2, 0.25) is 0 Å². The Hall–Kier alpha value is -1.16. The quantitative estimate of drug-likeness (QED) is 0.832. The molecule has 2 rings (SSSR count). The van der Waals surface area contributed by atoms with E-state index in [1.807, 2.05) is 47.8 Å². The second-order valence-electron chi connectivity index (χ2n) is 5.97. The Morgan fingerprint density at radius 1 is 1.05 bits per heavy atom. The van der Waals surface area contributed by atoms with Crippen LogP contribution in [0.2, 0.25) is 0 Å². The SMILES string of the molecule is C[N+](C)(C)CCC(O)(c1ccccc1)c1cccs1. The molecule has 0 fully saturated rings. The van der Waals surface area contributed by atoms with Gasteiger partial charge in [-0.2, -0.15) is 0 Å².